The van der Waals surface area contributed by atoms with E-state index in [1.807, 2.05) is 31.2 Å². The number of sulfone groups is 1. The molecule has 1 saturated heterocycles. The van der Waals surface area contributed by atoms with Crippen LogP contribution in [0.25, 0.3) is 11.0 Å². The van der Waals surface area contributed by atoms with E-state index in [1.54, 1.807) is 12.0 Å². The number of nitrogens with zero attached hydrogens (tertiary/aromatic N) is 1. The molecule has 0 bridgehead atoms. The Morgan fingerprint density at radius 2 is 2.12 bits per heavy atom. The average molecular weight is 365 g/mol. The van der Waals surface area contributed by atoms with E-state index in [9.17, 15) is 13.2 Å². The van der Waals surface area contributed by atoms with Crippen molar-refractivity contribution >= 4 is 26.7 Å². The van der Waals surface area contributed by atoms with Gasteiger partial charge in [-0.15, -0.1) is 0 Å². The molecule has 1 aliphatic rings. The first-order valence-electron chi connectivity index (χ1n) is 8.47. The van der Waals surface area contributed by atoms with Crippen molar-refractivity contribution in [2.45, 2.75) is 32.4 Å². The highest BCUT2D eigenvalue weighted by molar-refractivity contribution is 7.91. The minimum Gasteiger partial charge on any atom is -0.451 e. The summed E-state index contributed by atoms with van der Waals surface area (Å²) in [6.45, 7) is 2.74. The molecule has 6 nitrogen and oxygen atoms in total. The van der Waals surface area contributed by atoms with Crippen LogP contribution in [0.5, 0.6) is 0 Å². The molecule has 25 heavy (non-hydrogen) atoms. The number of methoxy groups -OCH3 is 1. The van der Waals surface area contributed by atoms with E-state index in [4.69, 9.17) is 9.15 Å². The van der Waals surface area contributed by atoms with Crippen LogP contribution in [-0.4, -0.2) is 50.4 Å². The fourth-order valence-corrected chi connectivity index (χ4v) is 5.13. The number of amides is 1. The Morgan fingerprint density at radius 3 is 2.76 bits per heavy atom. The Kier molecular flexibility index (Phi) is 5.15. The van der Waals surface area contributed by atoms with E-state index >= 15 is 0 Å². The maximum Gasteiger partial charge on any atom is 0.290 e. The number of para-hydroxylation sites is 1. The van der Waals surface area contributed by atoms with E-state index in [0.717, 1.165) is 11.8 Å². The van der Waals surface area contributed by atoms with Crippen LogP contribution in [0.1, 0.15) is 35.9 Å². The van der Waals surface area contributed by atoms with Crippen molar-refractivity contribution in [3.05, 3.63) is 35.6 Å². The number of carbonyl (C=O) groups excluding carboxylic acids is 1. The SMILES string of the molecule is CCCN(C(=O)c1oc2ccccc2c1COC)C1CCS(=O)(=O)C1. The molecule has 1 aromatic heterocycles. The number of rotatable bonds is 6. The zero-order valence-corrected chi connectivity index (χ0v) is 15.3. The lowest BCUT2D eigenvalue weighted by atomic mass is 10.1. The highest BCUT2D eigenvalue weighted by Gasteiger charge is 2.36. The smallest absolute Gasteiger partial charge is 0.290 e. The second-order valence-corrected chi connectivity index (χ2v) is 8.62. The highest BCUT2D eigenvalue weighted by atomic mass is 32.2. The number of hydrogen-bond donors (Lipinski definition) is 0. The van der Waals surface area contributed by atoms with Gasteiger partial charge < -0.3 is 14.1 Å². The van der Waals surface area contributed by atoms with Gasteiger partial charge in [0.25, 0.3) is 5.91 Å². The summed E-state index contributed by atoms with van der Waals surface area (Å²) >= 11 is 0. The van der Waals surface area contributed by atoms with Crippen molar-refractivity contribution in [2.24, 2.45) is 0 Å². The van der Waals surface area contributed by atoms with Crippen LogP contribution in [0.2, 0.25) is 0 Å². The molecule has 3 rings (SSSR count). The molecular formula is C18H23NO5S. The molecule has 0 saturated carbocycles. The quantitative estimate of drug-likeness (QED) is 0.786. The third-order valence-electron chi connectivity index (χ3n) is 4.56. The lowest BCUT2D eigenvalue weighted by molar-refractivity contribution is 0.0660. The first-order valence-corrected chi connectivity index (χ1v) is 10.3. The second kappa shape index (κ2) is 7.17. The van der Waals surface area contributed by atoms with Crippen LogP contribution in [0.3, 0.4) is 0 Å². The van der Waals surface area contributed by atoms with Gasteiger partial charge in [-0.3, -0.25) is 4.79 Å². The standard InChI is InChI=1S/C18H23NO5S/c1-3-9-19(13-8-10-25(21,22)12-13)18(20)17-15(11-23-2)14-6-4-5-7-16(14)24-17/h4-7,13H,3,8-12H2,1-2H3. The van der Waals surface area contributed by atoms with E-state index in [1.165, 1.54) is 0 Å². The lowest BCUT2D eigenvalue weighted by Crippen LogP contribution is -2.41. The maximum absolute atomic E-state index is 13.2. The van der Waals surface area contributed by atoms with Crippen molar-refractivity contribution in [1.29, 1.82) is 0 Å². The van der Waals surface area contributed by atoms with Crippen LogP contribution in [0, 0.1) is 0 Å². The Balaban J connectivity index is 1.99. The van der Waals surface area contributed by atoms with Crippen LogP contribution in [0.4, 0.5) is 0 Å². The summed E-state index contributed by atoms with van der Waals surface area (Å²) in [7, 11) is -1.50. The predicted octanol–water partition coefficient (Wildman–Crippen LogP) is 2.62. The molecule has 0 aliphatic carbocycles. The van der Waals surface area contributed by atoms with Gasteiger partial charge in [-0.2, -0.15) is 0 Å². The van der Waals surface area contributed by atoms with Gasteiger partial charge >= 0.3 is 0 Å². The molecule has 2 aromatic rings. The molecule has 2 heterocycles. The monoisotopic (exact) mass is 365 g/mol. The van der Waals surface area contributed by atoms with E-state index < -0.39 is 9.84 Å². The summed E-state index contributed by atoms with van der Waals surface area (Å²) in [5, 5.41) is 0.850. The van der Waals surface area contributed by atoms with Crippen molar-refractivity contribution in [2.75, 3.05) is 25.2 Å². The Bertz CT molecular complexity index is 871. The van der Waals surface area contributed by atoms with E-state index in [2.05, 4.69) is 0 Å². The second-order valence-electron chi connectivity index (χ2n) is 6.39. The minimum atomic E-state index is -3.07. The molecule has 1 unspecified atom stereocenters. The fourth-order valence-electron chi connectivity index (χ4n) is 3.40. The van der Waals surface area contributed by atoms with E-state index in [-0.39, 0.29) is 35.8 Å². The van der Waals surface area contributed by atoms with Crippen molar-refractivity contribution in [3.63, 3.8) is 0 Å². The van der Waals surface area contributed by atoms with Gasteiger partial charge in [-0.25, -0.2) is 8.42 Å². The molecule has 136 valence electrons. The average Bonchev–Trinajstić information content (AvgIpc) is 3.13. The highest BCUT2D eigenvalue weighted by Crippen LogP contribution is 2.29. The van der Waals surface area contributed by atoms with Gasteiger partial charge in [0, 0.05) is 30.6 Å². The minimum absolute atomic E-state index is 0.0264. The summed E-state index contributed by atoms with van der Waals surface area (Å²) in [5.74, 6) is 0.155. The fraction of sp³-hybridized carbons (Fsp3) is 0.500. The summed E-state index contributed by atoms with van der Waals surface area (Å²) in [4.78, 5) is 14.8. The predicted molar refractivity (Wildman–Crippen MR) is 95.3 cm³/mol. The van der Waals surface area contributed by atoms with Crippen LogP contribution < -0.4 is 0 Å². The molecule has 1 aliphatic heterocycles. The zero-order chi connectivity index (χ0) is 18.0. The van der Waals surface area contributed by atoms with Crippen molar-refractivity contribution < 1.29 is 22.4 Å². The molecule has 1 amide bonds. The first-order chi connectivity index (χ1) is 12.0. The van der Waals surface area contributed by atoms with Crippen molar-refractivity contribution in [3.8, 4) is 0 Å². The molecule has 0 radical (unpaired) electrons. The first kappa shape index (κ1) is 17.9. The summed E-state index contributed by atoms with van der Waals surface area (Å²) < 4.78 is 34.8. The maximum atomic E-state index is 13.2. The molecule has 0 N–H and O–H groups in total. The number of hydrogen-bond acceptors (Lipinski definition) is 5. The Hall–Kier alpha value is -1.86. The van der Waals surface area contributed by atoms with Gasteiger partial charge in [-0.05, 0) is 18.9 Å². The van der Waals surface area contributed by atoms with Crippen molar-refractivity contribution in [1.82, 2.24) is 4.90 Å². The van der Waals surface area contributed by atoms with Crippen LogP contribution >= 0.6 is 0 Å². The molecule has 1 aromatic carbocycles. The van der Waals surface area contributed by atoms with Gasteiger partial charge in [0.15, 0.2) is 15.6 Å². The number of furan rings is 1. The summed E-state index contributed by atoms with van der Waals surface area (Å²) in [6, 6.07) is 7.16. The van der Waals surface area contributed by atoms with Gasteiger partial charge in [0.1, 0.15) is 5.58 Å². The lowest BCUT2D eigenvalue weighted by Gasteiger charge is -2.27. The molecule has 7 heteroatoms. The molecule has 1 fully saturated rings. The van der Waals surface area contributed by atoms with Gasteiger partial charge in [0.05, 0.1) is 18.1 Å². The summed E-state index contributed by atoms with van der Waals surface area (Å²) in [5.41, 5.74) is 1.35. The Morgan fingerprint density at radius 1 is 1.36 bits per heavy atom. The normalized spacial score (nSPS) is 19.4. The zero-order valence-electron chi connectivity index (χ0n) is 14.5. The number of carbonyl (C=O) groups is 1. The topological polar surface area (TPSA) is 76.8 Å². The third kappa shape index (κ3) is 3.57. The molecular weight excluding hydrogens is 342 g/mol. The van der Waals surface area contributed by atoms with E-state index in [0.29, 0.717) is 24.1 Å². The molecule has 0 spiro atoms. The van der Waals surface area contributed by atoms with Crippen LogP contribution in [0.15, 0.2) is 28.7 Å². The largest absolute Gasteiger partial charge is 0.451 e. The summed E-state index contributed by atoms with van der Waals surface area (Å²) in [6.07, 6.45) is 1.23. The Labute approximate surface area is 147 Å². The number of benzene rings is 1. The van der Waals surface area contributed by atoms with Gasteiger partial charge in [0.2, 0.25) is 0 Å². The van der Waals surface area contributed by atoms with Gasteiger partial charge in [-0.1, -0.05) is 25.1 Å². The number of ether oxygens (including phenoxy) is 1. The third-order valence-corrected chi connectivity index (χ3v) is 6.31. The van der Waals surface area contributed by atoms with Crippen LogP contribution in [-0.2, 0) is 21.2 Å². The number of fused-ring (bicyclic) bond motifs is 1. The molecule has 1 atom stereocenters.